The van der Waals surface area contributed by atoms with Gasteiger partial charge in [0.25, 0.3) is 0 Å². The average Bonchev–Trinajstić information content (AvgIpc) is 2.36. The number of rotatable bonds is 1. The van der Waals surface area contributed by atoms with Crippen LogP contribution in [0, 0.1) is 15.3 Å². The summed E-state index contributed by atoms with van der Waals surface area (Å²) in [6, 6.07) is 0. The molecule has 1 heterocycles. The molecule has 0 unspecified atom stereocenters. The lowest BCUT2D eigenvalue weighted by Crippen LogP contribution is -1.85. The van der Waals surface area contributed by atoms with E-state index in [1.165, 1.54) is 0 Å². The van der Waals surface area contributed by atoms with Crippen molar-refractivity contribution in [2.45, 2.75) is 13.5 Å². The van der Waals surface area contributed by atoms with E-state index < -0.39 is 5.09 Å². The number of nitrogens with zero attached hydrogens (tertiary/aromatic N) is 3. The number of aryl methyl sites for hydroxylation is 1. The minimum Gasteiger partial charge on any atom is -0.356 e. The van der Waals surface area contributed by atoms with Gasteiger partial charge >= 0.3 is 0 Å². The summed E-state index contributed by atoms with van der Waals surface area (Å²) in [7, 11) is 0. The number of hydrogen-bond acceptors (Lipinski definition) is 4. The van der Waals surface area contributed by atoms with Gasteiger partial charge in [-0.1, -0.05) is 0 Å². The maximum Gasteiger partial charge on any atom is 0.0945 e. The van der Waals surface area contributed by atoms with E-state index in [-0.39, 0.29) is 0 Å². The molecule has 0 aromatic carbocycles. The van der Waals surface area contributed by atoms with Crippen LogP contribution in [0.4, 0.5) is 0 Å². The zero-order valence-corrected chi connectivity index (χ0v) is 6.01. The maximum absolute atomic E-state index is 8.25. The van der Waals surface area contributed by atoms with Gasteiger partial charge in [0.1, 0.15) is 0 Å². The Balaban J connectivity index is 0.000000218. The summed E-state index contributed by atoms with van der Waals surface area (Å²) in [6.45, 7) is 3.10. The molecular formula is C5H8N3O3-. The first-order valence-electron chi connectivity index (χ1n) is 2.94. The van der Waals surface area contributed by atoms with Gasteiger partial charge in [0.15, 0.2) is 0 Å². The van der Waals surface area contributed by atoms with Crippen LogP contribution in [0.1, 0.15) is 6.92 Å². The van der Waals surface area contributed by atoms with E-state index in [0.29, 0.717) is 0 Å². The second-order valence-corrected chi connectivity index (χ2v) is 1.62. The van der Waals surface area contributed by atoms with Crippen LogP contribution in [0.15, 0.2) is 18.7 Å². The molecule has 62 valence electrons. The van der Waals surface area contributed by atoms with E-state index in [1.807, 2.05) is 10.8 Å². The molecule has 0 aliphatic carbocycles. The Morgan fingerprint density at radius 1 is 1.64 bits per heavy atom. The molecule has 0 spiro atoms. The van der Waals surface area contributed by atoms with Crippen LogP contribution in [-0.2, 0) is 6.54 Å². The van der Waals surface area contributed by atoms with E-state index in [0.717, 1.165) is 6.54 Å². The predicted molar refractivity (Wildman–Crippen MR) is 38.3 cm³/mol. The highest BCUT2D eigenvalue weighted by atomic mass is 16.9. The normalized spacial score (nSPS) is 8.09. The Kier molecular flexibility index (Phi) is 4.46. The second kappa shape index (κ2) is 5.21. The topological polar surface area (TPSA) is 84.0 Å². The third-order valence-electron chi connectivity index (χ3n) is 0.924. The van der Waals surface area contributed by atoms with Gasteiger partial charge in [-0.05, 0) is 6.92 Å². The molecule has 0 saturated heterocycles. The van der Waals surface area contributed by atoms with Crippen LogP contribution in [0.5, 0.6) is 0 Å². The maximum atomic E-state index is 8.25. The number of aromatic nitrogens is 2. The fraction of sp³-hybridized carbons (Fsp3) is 0.400. The number of imidazole rings is 1. The quantitative estimate of drug-likeness (QED) is 0.444. The monoisotopic (exact) mass is 158 g/mol. The van der Waals surface area contributed by atoms with Crippen molar-refractivity contribution in [1.82, 2.24) is 9.55 Å². The first-order valence-corrected chi connectivity index (χ1v) is 2.94. The molecule has 0 aliphatic heterocycles. The summed E-state index contributed by atoms with van der Waals surface area (Å²) < 4.78 is 2.01. The molecule has 6 heteroatoms. The van der Waals surface area contributed by atoms with Gasteiger partial charge in [-0.15, -0.1) is 0 Å². The predicted octanol–water partition coefficient (Wildman–Crippen LogP) is 0.664. The van der Waals surface area contributed by atoms with Crippen molar-refractivity contribution in [3.8, 4) is 0 Å². The van der Waals surface area contributed by atoms with Crippen LogP contribution in [0.3, 0.4) is 0 Å². The molecule has 0 saturated carbocycles. The van der Waals surface area contributed by atoms with Gasteiger partial charge in [-0.25, -0.2) is 4.98 Å². The Hall–Kier alpha value is -1.59. The largest absolute Gasteiger partial charge is 0.356 e. The van der Waals surface area contributed by atoms with Gasteiger partial charge in [-0.3, -0.25) is 0 Å². The lowest BCUT2D eigenvalue weighted by molar-refractivity contribution is -0.402. The SMILES string of the molecule is CCn1ccnc1.O=[N+]([O-])[O-]. The highest BCUT2D eigenvalue weighted by Gasteiger charge is 1.77. The lowest BCUT2D eigenvalue weighted by Gasteiger charge is -1.87. The van der Waals surface area contributed by atoms with Gasteiger partial charge in [0.05, 0.1) is 11.4 Å². The van der Waals surface area contributed by atoms with Gasteiger partial charge < -0.3 is 19.9 Å². The average molecular weight is 158 g/mol. The molecule has 0 fully saturated rings. The van der Waals surface area contributed by atoms with Gasteiger partial charge in [-0.2, -0.15) is 0 Å². The minimum absolute atomic E-state index is 1.01. The second-order valence-electron chi connectivity index (χ2n) is 1.62. The standard InChI is InChI=1S/C5H8N2.NO3/c1-2-7-4-3-6-5-7;2-1(3)4/h3-5H,2H2,1H3;/q;-1. The Labute approximate surface area is 63.2 Å². The van der Waals surface area contributed by atoms with Crippen LogP contribution in [0.25, 0.3) is 0 Å². The molecule has 1 aromatic rings. The molecule has 1 rings (SSSR count). The molecule has 0 aliphatic rings. The lowest BCUT2D eigenvalue weighted by atomic mass is 10.7. The van der Waals surface area contributed by atoms with Crippen molar-refractivity contribution in [3.63, 3.8) is 0 Å². The first-order chi connectivity index (χ1) is 5.16. The zero-order valence-electron chi connectivity index (χ0n) is 6.01. The molecule has 0 atom stereocenters. The summed E-state index contributed by atoms with van der Waals surface area (Å²) in [5.41, 5.74) is 0. The smallest absolute Gasteiger partial charge is 0.0945 e. The van der Waals surface area contributed by atoms with Crippen molar-refractivity contribution >= 4 is 0 Å². The van der Waals surface area contributed by atoms with Crippen molar-refractivity contribution in [3.05, 3.63) is 34.0 Å². The molecular weight excluding hydrogens is 150 g/mol. The van der Waals surface area contributed by atoms with Gasteiger partial charge in [0.2, 0.25) is 0 Å². The molecule has 1 aromatic heterocycles. The van der Waals surface area contributed by atoms with Crippen molar-refractivity contribution in [1.29, 1.82) is 0 Å². The highest BCUT2D eigenvalue weighted by molar-refractivity contribution is 4.72. The molecule has 0 N–H and O–H groups in total. The van der Waals surface area contributed by atoms with E-state index >= 15 is 0 Å². The van der Waals surface area contributed by atoms with Crippen molar-refractivity contribution in [2.75, 3.05) is 0 Å². The summed E-state index contributed by atoms with van der Waals surface area (Å²) in [4.78, 5) is 12.1. The molecule has 0 radical (unpaired) electrons. The van der Waals surface area contributed by atoms with E-state index in [9.17, 15) is 0 Å². The molecule has 0 amide bonds. The Bertz CT molecular complexity index is 193. The van der Waals surface area contributed by atoms with Gasteiger partial charge in [0, 0.05) is 18.9 Å². The van der Waals surface area contributed by atoms with Crippen LogP contribution < -0.4 is 0 Å². The van der Waals surface area contributed by atoms with E-state index in [2.05, 4.69) is 11.9 Å². The third-order valence-corrected chi connectivity index (χ3v) is 0.924. The molecule has 11 heavy (non-hydrogen) atoms. The fourth-order valence-electron chi connectivity index (χ4n) is 0.474. The summed E-state index contributed by atoms with van der Waals surface area (Å²) >= 11 is 0. The first kappa shape index (κ1) is 9.41. The zero-order chi connectivity index (χ0) is 8.69. The third kappa shape index (κ3) is 6.29. The van der Waals surface area contributed by atoms with Crippen molar-refractivity contribution in [2.24, 2.45) is 0 Å². The van der Waals surface area contributed by atoms with E-state index in [4.69, 9.17) is 15.3 Å². The van der Waals surface area contributed by atoms with Crippen LogP contribution in [-0.4, -0.2) is 14.6 Å². The molecule has 6 nitrogen and oxygen atoms in total. The van der Waals surface area contributed by atoms with E-state index in [1.54, 1.807) is 12.5 Å². The summed E-state index contributed by atoms with van der Waals surface area (Å²) in [6.07, 6.45) is 5.53. The highest BCUT2D eigenvalue weighted by Crippen LogP contribution is 1.81. The number of hydrogen-bond donors (Lipinski definition) is 0. The summed E-state index contributed by atoms with van der Waals surface area (Å²) in [5.74, 6) is 0. The Morgan fingerprint density at radius 3 is 2.36 bits per heavy atom. The van der Waals surface area contributed by atoms with Crippen LogP contribution >= 0.6 is 0 Å². The summed E-state index contributed by atoms with van der Waals surface area (Å²) in [5, 5.41) is 14.8. The Morgan fingerprint density at radius 2 is 2.18 bits per heavy atom. The minimum atomic E-state index is -1.75. The molecule has 0 bridgehead atoms. The van der Waals surface area contributed by atoms with Crippen molar-refractivity contribution < 1.29 is 5.09 Å². The fourth-order valence-corrected chi connectivity index (χ4v) is 0.474. The van der Waals surface area contributed by atoms with Crippen LogP contribution in [0.2, 0.25) is 0 Å².